The number of aliphatic hydroxyl groups is 2. The van der Waals surface area contributed by atoms with Gasteiger partial charge in [0.15, 0.2) is 6.23 Å². The van der Waals surface area contributed by atoms with E-state index in [4.69, 9.17) is 4.74 Å². The number of ether oxygens (including phenoxy) is 1. The number of hydrogen-bond donors (Lipinski definition) is 3. The first-order chi connectivity index (χ1) is 10.5. The molecule has 1 unspecified atom stereocenters. The molecule has 0 spiro atoms. The van der Waals surface area contributed by atoms with Crippen molar-refractivity contribution >= 4 is 0 Å². The maximum atomic E-state index is 11.9. The fourth-order valence-corrected chi connectivity index (χ4v) is 2.67. The van der Waals surface area contributed by atoms with Crippen LogP contribution >= 0.6 is 0 Å². The van der Waals surface area contributed by atoms with E-state index in [9.17, 15) is 19.8 Å². The van der Waals surface area contributed by atoms with Crippen LogP contribution in [0, 0.1) is 6.92 Å². The molecule has 0 saturated carbocycles. The van der Waals surface area contributed by atoms with E-state index in [2.05, 4.69) is 10.1 Å². The number of nitrogens with zero attached hydrogens (tertiary/aromatic N) is 3. The second kappa shape index (κ2) is 5.52. The van der Waals surface area contributed by atoms with Crippen molar-refractivity contribution in [1.82, 2.24) is 19.3 Å². The Labute approximate surface area is 124 Å². The molecule has 0 amide bonds. The molecule has 3 N–H and O–H groups in total. The van der Waals surface area contributed by atoms with E-state index >= 15 is 0 Å². The fourth-order valence-electron chi connectivity index (χ4n) is 2.67. The average Bonchev–Trinajstić information content (AvgIpc) is 3.10. The highest BCUT2D eigenvalue weighted by Gasteiger charge is 2.46. The molecule has 3 rings (SSSR count). The first-order valence-corrected chi connectivity index (χ1v) is 6.78. The molecular formula is C13H16N4O5. The molecule has 0 aliphatic carbocycles. The summed E-state index contributed by atoms with van der Waals surface area (Å²) in [6.07, 6.45) is 1.66. The minimum absolute atomic E-state index is 0.318. The summed E-state index contributed by atoms with van der Waals surface area (Å²) in [6, 6.07) is 1.05. The van der Waals surface area contributed by atoms with E-state index in [0.29, 0.717) is 5.56 Å². The highest BCUT2D eigenvalue weighted by atomic mass is 16.5. The van der Waals surface area contributed by atoms with Gasteiger partial charge in [0.25, 0.3) is 5.56 Å². The average molecular weight is 308 g/mol. The Morgan fingerprint density at radius 3 is 2.86 bits per heavy atom. The Kier molecular flexibility index (Phi) is 3.69. The monoisotopic (exact) mass is 308 g/mol. The SMILES string of the molecule is Cc1cn([C@@H]2O[C@H](CO)[C@H](n3cccn3)C2O)c(=O)[nH]c1=O. The smallest absolute Gasteiger partial charge is 0.330 e. The van der Waals surface area contributed by atoms with E-state index in [1.54, 1.807) is 25.4 Å². The van der Waals surface area contributed by atoms with Crippen LogP contribution in [0.4, 0.5) is 0 Å². The van der Waals surface area contributed by atoms with Gasteiger partial charge in [-0.1, -0.05) is 0 Å². The van der Waals surface area contributed by atoms with Gasteiger partial charge in [0.1, 0.15) is 18.2 Å². The molecule has 2 aromatic rings. The normalized spacial score (nSPS) is 28.1. The zero-order valence-corrected chi connectivity index (χ0v) is 11.8. The Hall–Kier alpha value is -2.23. The van der Waals surface area contributed by atoms with E-state index in [1.807, 2.05) is 0 Å². The molecule has 9 heteroatoms. The molecule has 9 nitrogen and oxygen atoms in total. The summed E-state index contributed by atoms with van der Waals surface area (Å²) < 4.78 is 8.20. The second-order valence-corrected chi connectivity index (χ2v) is 5.19. The standard InChI is InChI=1S/C13H16N4O5/c1-7-5-16(13(21)15-11(7)20)12-10(19)9(8(6-18)22-12)17-4-2-3-14-17/h2-5,8-10,12,18-19H,6H2,1H3,(H,15,20,21)/t8-,9+,10?,12-/m1/s1. The van der Waals surface area contributed by atoms with Crippen LogP contribution in [-0.2, 0) is 4.74 Å². The molecule has 118 valence electrons. The predicted molar refractivity (Wildman–Crippen MR) is 74.3 cm³/mol. The van der Waals surface area contributed by atoms with Crippen LogP contribution in [-0.4, -0.2) is 48.4 Å². The van der Waals surface area contributed by atoms with Gasteiger partial charge in [-0.2, -0.15) is 5.10 Å². The maximum Gasteiger partial charge on any atom is 0.330 e. The van der Waals surface area contributed by atoms with Crippen molar-refractivity contribution in [2.75, 3.05) is 6.61 Å². The van der Waals surface area contributed by atoms with E-state index < -0.39 is 35.7 Å². The highest BCUT2D eigenvalue weighted by Crippen LogP contribution is 2.35. The number of aromatic nitrogens is 4. The Morgan fingerprint density at radius 1 is 1.45 bits per heavy atom. The minimum Gasteiger partial charge on any atom is -0.394 e. The molecule has 3 heterocycles. The summed E-state index contributed by atoms with van der Waals surface area (Å²) in [7, 11) is 0. The summed E-state index contributed by atoms with van der Waals surface area (Å²) in [4.78, 5) is 25.5. The van der Waals surface area contributed by atoms with Crippen LogP contribution < -0.4 is 11.2 Å². The molecule has 22 heavy (non-hydrogen) atoms. The van der Waals surface area contributed by atoms with Crippen molar-refractivity contribution in [3.05, 3.63) is 51.1 Å². The zero-order valence-electron chi connectivity index (χ0n) is 11.8. The van der Waals surface area contributed by atoms with Crippen LogP contribution in [0.1, 0.15) is 17.8 Å². The van der Waals surface area contributed by atoms with Crippen molar-refractivity contribution in [3.8, 4) is 0 Å². The number of aliphatic hydroxyl groups excluding tert-OH is 2. The number of aromatic amines is 1. The first kappa shape index (κ1) is 14.7. The number of nitrogens with one attached hydrogen (secondary N) is 1. The van der Waals surface area contributed by atoms with Gasteiger partial charge in [-0.25, -0.2) is 4.79 Å². The molecule has 0 radical (unpaired) electrons. The summed E-state index contributed by atoms with van der Waals surface area (Å²) >= 11 is 0. The zero-order chi connectivity index (χ0) is 15.9. The first-order valence-electron chi connectivity index (χ1n) is 6.78. The number of hydrogen-bond acceptors (Lipinski definition) is 6. The second-order valence-electron chi connectivity index (χ2n) is 5.19. The summed E-state index contributed by atoms with van der Waals surface area (Å²) in [5.41, 5.74) is -0.855. The molecular weight excluding hydrogens is 292 g/mol. The number of H-pyrrole nitrogens is 1. The van der Waals surface area contributed by atoms with Crippen molar-refractivity contribution in [2.45, 2.75) is 31.4 Å². The van der Waals surface area contributed by atoms with E-state index in [0.717, 1.165) is 4.57 Å². The Morgan fingerprint density at radius 2 is 2.23 bits per heavy atom. The molecule has 2 aromatic heterocycles. The lowest BCUT2D eigenvalue weighted by molar-refractivity contribution is -0.0536. The molecule has 1 aliphatic rings. The summed E-state index contributed by atoms with van der Waals surface area (Å²) in [5.74, 6) is 0. The topological polar surface area (TPSA) is 122 Å². The van der Waals surface area contributed by atoms with E-state index in [-0.39, 0.29) is 6.61 Å². The van der Waals surface area contributed by atoms with Crippen molar-refractivity contribution < 1.29 is 14.9 Å². The molecule has 4 atom stereocenters. The third-order valence-electron chi connectivity index (χ3n) is 3.77. The Balaban J connectivity index is 2.01. The van der Waals surface area contributed by atoms with Crippen LogP contribution in [0.15, 0.2) is 34.2 Å². The lowest BCUT2D eigenvalue weighted by Crippen LogP contribution is -2.37. The molecule has 1 aliphatic heterocycles. The van der Waals surface area contributed by atoms with Gasteiger partial charge in [0, 0.05) is 24.2 Å². The highest BCUT2D eigenvalue weighted by molar-refractivity contribution is 5.03. The molecule has 0 aromatic carbocycles. The molecule has 1 saturated heterocycles. The van der Waals surface area contributed by atoms with Gasteiger partial charge in [-0.3, -0.25) is 19.0 Å². The largest absolute Gasteiger partial charge is 0.394 e. The minimum atomic E-state index is -1.11. The lowest BCUT2D eigenvalue weighted by Gasteiger charge is -2.20. The van der Waals surface area contributed by atoms with Crippen LogP contribution in [0.5, 0.6) is 0 Å². The summed E-state index contributed by atoms with van der Waals surface area (Å²) in [5, 5.41) is 24.0. The van der Waals surface area contributed by atoms with Gasteiger partial charge < -0.3 is 14.9 Å². The van der Waals surface area contributed by atoms with E-state index in [1.165, 1.54) is 10.9 Å². The van der Waals surface area contributed by atoms with Gasteiger partial charge in [-0.05, 0) is 13.0 Å². The van der Waals surface area contributed by atoms with Gasteiger partial charge in [0.05, 0.1) is 6.61 Å². The number of aryl methyl sites for hydroxylation is 1. The van der Waals surface area contributed by atoms with Crippen LogP contribution in [0.25, 0.3) is 0 Å². The lowest BCUT2D eigenvalue weighted by atomic mass is 10.1. The third-order valence-corrected chi connectivity index (χ3v) is 3.77. The maximum absolute atomic E-state index is 11.9. The van der Waals surface area contributed by atoms with Crippen LogP contribution in [0.2, 0.25) is 0 Å². The summed E-state index contributed by atoms with van der Waals surface area (Å²) in [6.45, 7) is 1.21. The van der Waals surface area contributed by atoms with Gasteiger partial charge in [0.2, 0.25) is 0 Å². The van der Waals surface area contributed by atoms with Gasteiger partial charge >= 0.3 is 5.69 Å². The van der Waals surface area contributed by atoms with Crippen LogP contribution in [0.3, 0.4) is 0 Å². The third kappa shape index (κ3) is 2.28. The van der Waals surface area contributed by atoms with Crippen molar-refractivity contribution in [1.29, 1.82) is 0 Å². The fraction of sp³-hybridized carbons (Fsp3) is 0.462. The van der Waals surface area contributed by atoms with Crippen molar-refractivity contribution in [2.24, 2.45) is 0 Å². The molecule has 0 bridgehead atoms. The number of rotatable bonds is 3. The van der Waals surface area contributed by atoms with Gasteiger partial charge in [-0.15, -0.1) is 0 Å². The Bertz CT molecular complexity index is 765. The van der Waals surface area contributed by atoms with Crippen molar-refractivity contribution in [3.63, 3.8) is 0 Å². The molecule has 1 fully saturated rings. The predicted octanol–water partition coefficient (Wildman–Crippen LogP) is -1.47. The quantitative estimate of drug-likeness (QED) is 0.636.